The topological polar surface area (TPSA) is 116 Å². The van der Waals surface area contributed by atoms with Crippen molar-refractivity contribution >= 4 is 22.8 Å². The summed E-state index contributed by atoms with van der Waals surface area (Å²) in [5, 5.41) is 8.51. The molecule has 3 N–H and O–H groups in total. The normalized spacial score (nSPS) is 12.3. The zero-order valence-corrected chi connectivity index (χ0v) is 17.1. The highest BCUT2D eigenvalue weighted by Crippen LogP contribution is 2.35. The average Bonchev–Trinajstić information content (AvgIpc) is 2.98. The fourth-order valence-corrected chi connectivity index (χ4v) is 3.55. The van der Waals surface area contributed by atoms with Crippen LogP contribution >= 0.6 is 0 Å². The van der Waals surface area contributed by atoms with E-state index in [4.69, 9.17) is 15.2 Å². The first-order valence-electron chi connectivity index (χ1n) is 9.41. The van der Waals surface area contributed by atoms with Crippen molar-refractivity contribution in [1.29, 1.82) is 0 Å². The summed E-state index contributed by atoms with van der Waals surface area (Å²) in [6, 6.07) is 8.16. The summed E-state index contributed by atoms with van der Waals surface area (Å²) in [4.78, 5) is 17.6. The van der Waals surface area contributed by atoms with Crippen molar-refractivity contribution in [2.24, 2.45) is 0 Å². The Kier molecular flexibility index (Phi) is 4.62. The monoisotopic (exact) mass is 389 g/mol. The number of aromatic nitrogens is 5. The molecule has 0 aliphatic rings. The van der Waals surface area contributed by atoms with E-state index in [1.54, 1.807) is 6.92 Å². The fraction of sp³-hybridized carbons (Fsp3) is 0.286. The number of nitrogens with zero attached hydrogens (tertiary/aromatic N) is 5. The highest BCUT2D eigenvalue weighted by molar-refractivity contribution is 5.86. The largest absolute Gasteiger partial charge is 0.368 e. The van der Waals surface area contributed by atoms with Gasteiger partial charge >= 0.3 is 0 Å². The van der Waals surface area contributed by atoms with Crippen LogP contribution < -0.4 is 11.1 Å². The Balaban J connectivity index is 1.88. The van der Waals surface area contributed by atoms with Crippen molar-refractivity contribution in [3.05, 3.63) is 52.7 Å². The molecule has 0 radical (unpaired) electrons. The first kappa shape index (κ1) is 18.8. The van der Waals surface area contributed by atoms with Crippen LogP contribution in [-0.4, -0.2) is 25.1 Å². The zero-order chi connectivity index (χ0) is 20.7. The number of aryl methyl sites for hydroxylation is 4. The molecule has 0 saturated heterocycles. The van der Waals surface area contributed by atoms with Gasteiger partial charge in [0.25, 0.3) is 0 Å². The van der Waals surface area contributed by atoms with Crippen LogP contribution in [0.25, 0.3) is 22.2 Å². The van der Waals surface area contributed by atoms with Gasteiger partial charge in [-0.2, -0.15) is 15.0 Å². The minimum Gasteiger partial charge on any atom is -0.368 e. The summed E-state index contributed by atoms with van der Waals surface area (Å²) in [6.45, 7) is 9.70. The van der Waals surface area contributed by atoms with Crippen molar-refractivity contribution in [1.82, 2.24) is 25.1 Å². The lowest BCUT2D eigenvalue weighted by Gasteiger charge is -2.19. The number of nitrogen functional groups attached to an aromatic ring is 1. The molecule has 0 fully saturated rings. The summed E-state index contributed by atoms with van der Waals surface area (Å²) < 4.78 is 5.42. The SMILES string of the molecule is Cc1nc(N)nc(N[C@@H](C)c2cc3cccc(C)c3nc2-c2c(C)noc2C)n1. The Labute approximate surface area is 168 Å². The molecule has 3 heterocycles. The third-order valence-electron chi connectivity index (χ3n) is 4.92. The molecule has 29 heavy (non-hydrogen) atoms. The van der Waals surface area contributed by atoms with Crippen molar-refractivity contribution in [3.8, 4) is 11.3 Å². The van der Waals surface area contributed by atoms with Gasteiger partial charge in [-0.1, -0.05) is 23.4 Å². The van der Waals surface area contributed by atoms with Gasteiger partial charge in [0.15, 0.2) is 0 Å². The van der Waals surface area contributed by atoms with Gasteiger partial charge in [-0.15, -0.1) is 0 Å². The second kappa shape index (κ2) is 7.12. The van der Waals surface area contributed by atoms with Crippen LogP contribution in [0, 0.1) is 27.7 Å². The van der Waals surface area contributed by atoms with E-state index in [9.17, 15) is 0 Å². The fourth-order valence-electron chi connectivity index (χ4n) is 3.55. The van der Waals surface area contributed by atoms with Gasteiger partial charge in [0.1, 0.15) is 11.6 Å². The Morgan fingerprint density at radius 1 is 1.03 bits per heavy atom. The summed E-state index contributed by atoms with van der Waals surface area (Å²) >= 11 is 0. The van der Waals surface area contributed by atoms with Gasteiger partial charge in [0.05, 0.1) is 28.5 Å². The second-order valence-electron chi connectivity index (χ2n) is 7.20. The summed E-state index contributed by atoms with van der Waals surface area (Å²) in [5.74, 6) is 1.91. The van der Waals surface area contributed by atoms with Gasteiger partial charge in [0.2, 0.25) is 11.9 Å². The van der Waals surface area contributed by atoms with E-state index in [1.165, 1.54) is 0 Å². The number of pyridine rings is 1. The Bertz CT molecular complexity index is 1180. The van der Waals surface area contributed by atoms with Crippen LogP contribution in [0.15, 0.2) is 28.8 Å². The third kappa shape index (κ3) is 3.49. The van der Waals surface area contributed by atoms with Gasteiger partial charge in [0, 0.05) is 10.9 Å². The highest BCUT2D eigenvalue weighted by Gasteiger charge is 2.22. The van der Waals surface area contributed by atoms with Crippen molar-refractivity contribution < 1.29 is 4.52 Å². The summed E-state index contributed by atoms with van der Waals surface area (Å²) in [6.07, 6.45) is 0. The lowest BCUT2D eigenvalue weighted by Crippen LogP contribution is -2.14. The lowest BCUT2D eigenvalue weighted by atomic mass is 9.97. The van der Waals surface area contributed by atoms with E-state index in [0.29, 0.717) is 11.8 Å². The number of hydrogen-bond acceptors (Lipinski definition) is 8. The molecule has 3 aromatic heterocycles. The predicted molar refractivity (Wildman–Crippen MR) is 112 cm³/mol. The number of nitrogens with two attached hydrogens (primary N) is 1. The first-order valence-corrected chi connectivity index (χ1v) is 9.41. The van der Waals surface area contributed by atoms with Crippen LogP contribution in [0.1, 0.15) is 41.4 Å². The molecule has 4 rings (SSSR count). The molecule has 0 unspecified atom stereocenters. The van der Waals surface area contributed by atoms with Gasteiger partial charge in [-0.05, 0) is 46.2 Å². The van der Waals surface area contributed by atoms with Crippen molar-refractivity contribution in [3.63, 3.8) is 0 Å². The first-order chi connectivity index (χ1) is 13.8. The van der Waals surface area contributed by atoms with E-state index in [1.807, 2.05) is 26.8 Å². The number of fused-ring (bicyclic) bond motifs is 1. The van der Waals surface area contributed by atoms with Crippen molar-refractivity contribution in [2.45, 2.75) is 40.7 Å². The van der Waals surface area contributed by atoms with Gasteiger partial charge in [-0.3, -0.25) is 0 Å². The van der Waals surface area contributed by atoms with E-state index in [-0.39, 0.29) is 12.0 Å². The maximum atomic E-state index is 5.78. The van der Waals surface area contributed by atoms with Crippen molar-refractivity contribution in [2.75, 3.05) is 11.1 Å². The molecule has 0 saturated carbocycles. The molecular formula is C21H23N7O. The molecule has 1 atom stereocenters. The number of anilines is 2. The van der Waals surface area contributed by atoms with Crippen LogP contribution in [0.4, 0.5) is 11.9 Å². The molecule has 4 aromatic rings. The minimum atomic E-state index is -0.141. The van der Waals surface area contributed by atoms with Gasteiger partial charge < -0.3 is 15.6 Å². The molecule has 0 aliphatic heterocycles. The van der Waals surface area contributed by atoms with Crippen LogP contribution in [0.3, 0.4) is 0 Å². The predicted octanol–water partition coefficient (Wildman–Crippen LogP) is 4.06. The third-order valence-corrected chi connectivity index (χ3v) is 4.92. The second-order valence-corrected chi connectivity index (χ2v) is 7.20. The highest BCUT2D eigenvalue weighted by atomic mass is 16.5. The van der Waals surface area contributed by atoms with Crippen LogP contribution in [0.2, 0.25) is 0 Å². The standard InChI is InChI=1S/C21H23N7O/c1-10-7-6-8-15-9-16(11(2)23-21-25-14(5)24-20(22)27-21)19(26-18(10)15)17-12(3)28-29-13(17)4/h6-9,11H,1-5H3,(H3,22,23,24,25,27)/t11-/m0/s1. The van der Waals surface area contributed by atoms with E-state index < -0.39 is 0 Å². The molecule has 0 aliphatic carbocycles. The van der Waals surface area contributed by atoms with Crippen LogP contribution in [0.5, 0.6) is 0 Å². The number of hydrogen-bond donors (Lipinski definition) is 2. The lowest BCUT2D eigenvalue weighted by molar-refractivity contribution is 0.393. The van der Waals surface area contributed by atoms with E-state index in [0.717, 1.165) is 44.7 Å². The molecule has 0 bridgehead atoms. The number of rotatable bonds is 4. The summed E-state index contributed by atoms with van der Waals surface area (Å²) in [7, 11) is 0. The maximum absolute atomic E-state index is 5.78. The smallest absolute Gasteiger partial charge is 0.228 e. The van der Waals surface area contributed by atoms with E-state index >= 15 is 0 Å². The number of benzene rings is 1. The number of para-hydroxylation sites is 1. The summed E-state index contributed by atoms with van der Waals surface area (Å²) in [5.41, 5.74) is 11.4. The molecule has 8 heteroatoms. The minimum absolute atomic E-state index is 0.141. The Morgan fingerprint density at radius 2 is 1.83 bits per heavy atom. The maximum Gasteiger partial charge on any atom is 0.228 e. The van der Waals surface area contributed by atoms with Crippen LogP contribution in [-0.2, 0) is 0 Å². The van der Waals surface area contributed by atoms with Gasteiger partial charge in [-0.25, -0.2) is 4.98 Å². The van der Waals surface area contributed by atoms with E-state index in [2.05, 4.69) is 50.5 Å². The molecule has 8 nitrogen and oxygen atoms in total. The average molecular weight is 389 g/mol. The molecular weight excluding hydrogens is 366 g/mol. The Hall–Kier alpha value is -3.55. The zero-order valence-electron chi connectivity index (χ0n) is 17.1. The quantitative estimate of drug-likeness (QED) is 0.537. The molecule has 0 spiro atoms. The number of nitrogens with one attached hydrogen (secondary N) is 1. The molecule has 148 valence electrons. The Morgan fingerprint density at radius 3 is 2.52 bits per heavy atom. The molecule has 1 aromatic carbocycles. The molecule has 0 amide bonds.